The fraction of sp³-hybridized carbons (Fsp3) is 0.737. The second-order valence-corrected chi connectivity index (χ2v) is 8.24. The summed E-state index contributed by atoms with van der Waals surface area (Å²) in [7, 11) is 1.82. The van der Waals surface area contributed by atoms with E-state index in [-0.39, 0.29) is 17.6 Å². The third-order valence-corrected chi connectivity index (χ3v) is 5.39. The molecule has 1 spiro atoms. The van der Waals surface area contributed by atoms with Crippen LogP contribution in [0.3, 0.4) is 0 Å². The van der Waals surface area contributed by atoms with Gasteiger partial charge in [0.05, 0.1) is 6.20 Å². The van der Waals surface area contributed by atoms with E-state index in [1.54, 1.807) is 4.90 Å². The van der Waals surface area contributed by atoms with Gasteiger partial charge >= 0.3 is 0 Å². The van der Waals surface area contributed by atoms with Crippen LogP contribution in [-0.2, 0) is 16.2 Å². The van der Waals surface area contributed by atoms with Gasteiger partial charge in [-0.3, -0.25) is 14.4 Å². The lowest BCUT2D eigenvalue weighted by Gasteiger charge is -2.38. The second-order valence-electron chi connectivity index (χ2n) is 8.24. The molecule has 2 aliphatic rings. The number of hydrogen-bond donors (Lipinski definition) is 0. The average molecular weight is 361 g/mol. The summed E-state index contributed by atoms with van der Waals surface area (Å²) in [6.07, 6.45) is 6.66. The lowest BCUT2D eigenvalue weighted by Crippen LogP contribution is -2.48. The monoisotopic (exact) mass is 361 g/mol. The first kappa shape index (κ1) is 18.9. The van der Waals surface area contributed by atoms with Gasteiger partial charge in [-0.2, -0.15) is 5.10 Å². The molecule has 0 bridgehead atoms. The number of amides is 1. The molecule has 144 valence electrons. The van der Waals surface area contributed by atoms with Crippen molar-refractivity contribution < 1.29 is 9.63 Å². The summed E-state index contributed by atoms with van der Waals surface area (Å²) >= 11 is 0. The highest BCUT2D eigenvalue weighted by Crippen LogP contribution is 2.34. The van der Waals surface area contributed by atoms with Gasteiger partial charge in [-0.15, -0.1) is 0 Å². The smallest absolute Gasteiger partial charge is 0.271 e. The van der Waals surface area contributed by atoms with Crippen molar-refractivity contribution >= 4 is 11.6 Å². The minimum absolute atomic E-state index is 0.0211. The number of likely N-dealkylation sites (tertiary alicyclic amines) is 1. The van der Waals surface area contributed by atoms with Crippen LogP contribution in [0.15, 0.2) is 17.5 Å². The molecule has 0 N–H and O–H groups in total. The van der Waals surface area contributed by atoms with Crippen molar-refractivity contribution in [2.45, 2.75) is 71.2 Å². The third-order valence-electron chi connectivity index (χ3n) is 5.39. The summed E-state index contributed by atoms with van der Waals surface area (Å²) in [6.45, 7) is 10.9. The molecule has 2 aliphatic heterocycles. The first-order chi connectivity index (χ1) is 12.3. The van der Waals surface area contributed by atoms with Crippen LogP contribution in [0.5, 0.6) is 0 Å². The molecule has 0 aliphatic carbocycles. The molecule has 0 aromatic carbocycles. The molecule has 7 nitrogen and oxygen atoms in total. The van der Waals surface area contributed by atoms with E-state index < -0.39 is 0 Å². The number of rotatable bonds is 5. The Labute approximate surface area is 156 Å². The molecule has 0 saturated carbocycles. The van der Waals surface area contributed by atoms with E-state index in [2.05, 4.69) is 35.2 Å². The van der Waals surface area contributed by atoms with Crippen molar-refractivity contribution in [2.75, 3.05) is 20.1 Å². The average Bonchev–Trinajstić information content (AvgIpc) is 3.21. The molecule has 7 heteroatoms. The van der Waals surface area contributed by atoms with Gasteiger partial charge in [0.1, 0.15) is 5.71 Å². The molecule has 0 unspecified atom stereocenters. The second kappa shape index (κ2) is 7.39. The van der Waals surface area contributed by atoms with E-state index in [1.165, 1.54) is 5.56 Å². The van der Waals surface area contributed by atoms with E-state index in [0.717, 1.165) is 32.5 Å². The maximum Gasteiger partial charge on any atom is 0.271 e. The van der Waals surface area contributed by atoms with E-state index in [4.69, 9.17) is 4.84 Å². The van der Waals surface area contributed by atoms with Crippen LogP contribution in [0, 0.1) is 0 Å². The van der Waals surface area contributed by atoms with E-state index in [1.807, 2.05) is 31.8 Å². The van der Waals surface area contributed by atoms with E-state index in [0.29, 0.717) is 18.2 Å². The van der Waals surface area contributed by atoms with Gasteiger partial charge in [0.15, 0.2) is 5.60 Å². The Balaban J connectivity index is 1.61. The van der Waals surface area contributed by atoms with Crippen LogP contribution in [0.1, 0.15) is 58.6 Å². The van der Waals surface area contributed by atoms with Crippen LogP contribution in [-0.4, -0.2) is 63.0 Å². The number of hydrogen-bond acceptors (Lipinski definition) is 5. The number of aromatic nitrogens is 2. The third kappa shape index (κ3) is 3.92. The minimum Gasteiger partial charge on any atom is -0.387 e. The van der Waals surface area contributed by atoms with Crippen molar-refractivity contribution in [3.05, 3.63) is 18.0 Å². The van der Waals surface area contributed by atoms with Gasteiger partial charge in [0.25, 0.3) is 5.91 Å². The van der Waals surface area contributed by atoms with Gasteiger partial charge in [-0.05, 0) is 47.1 Å². The van der Waals surface area contributed by atoms with Gasteiger partial charge in [0, 0.05) is 50.4 Å². The molecule has 3 rings (SSSR count). The number of piperidine rings is 1. The standard InChI is InChI=1S/C19H31N5O2/c1-14(2)22(5)18(25)17-9-19(26-21-17)7-6-8-23(13-19)11-16-10-20-24(12-16)15(3)4/h10,12,14-15H,6-9,11,13H2,1-5H3/t19-/m1/s1. The molecule has 1 amide bonds. The fourth-order valence-corrected chi connectivity index (χ4v) is 3.62. The van der Waals surface area contributed by atoms with Crippen molar-refractivity contribution in [3.63, 3.8) is 0 Å². The molecule has 1 saturated heterocycles. The molecular weight excluding hydrogens is 330 g/mol. The van der Waals surface area contributed by atoms with Crippen LogP contribution in [0.4, 0.5) is 0 Å². The molecule has 0 radical (unpaired) electrons. The summed E-state index contributed by atoms with van der Waals surface area (Å²) < 4.78 is 1.99. The first-order valence-electron chi connectivity index (χ1n) is 9.57. The van der Waals surface area contributed by atoms with Gasteiger partial charge < -0.3 is 9.74 Å². The maximum atomic E-state index is 12.5. The highest BCUT2D eigenvalue weighted by Gasteiger charge is 2.45. The normalized spacial score (nSPS) is 23.6. The summed E-state index contributed by atoms with van der Waals surface area (Å²) in [5, 5.41) is 8.59. The first-order valence-corrected chi connectivity index (χ1v) is 9.57. The van der Waals surface area contributed by atoms with E-state index in [9.17, 15) is 4.79 Å². The summed E-state index contributed by atoms with van der Waals surface area (Å²) in [5.74, 6) is -0.0211. The number of nitrogens with zero attached hydrogens (tertiary/aromatic N) is 5. The molecule has 1 aromatic heterocycles. The van der Waals surface area contributed by atoms with Gasteiger partial charge in [-0.25, -0.2) is 0 Å². The Morgan fingerprint density at radius 3 is 2.81 bits per heavy atom. The molecule has 1 fully saturated rings. The SMILES string of the molecule is CC(C)N(C)C(=O)C1=NO[C@]2(CCCN(Cc3cnn(C(C)C)c3)C2)C1. The molecule has 26 heavy (non-hydrogen) atoms. The van der Waals surface area contributed by atoms with Crippen LogP contribution < -0.4 is 0 Å². The van der Waals surface area contributed by atoms with Gasteiger partial charge in [-0.1, -0.05) is 5.16 Å². The highest BCUT2D eigenvalue weighted by molar-refractivity contribution is 6.39. The van der Waals surface area contributed by atoms with Crippen molar-refractivity contribution in [3.8, 4) is 0 Å². The summed E-state index contributed by atoms with van der Waals surface area (Å²) in [6, 6.07) is 0.525. The van der Waals surface area contributed by atoms with Gasteiger partial charge in [0.2, 0.25) is 0 Å². The van der Waals surface area contributed by atoms with Crippen molar-refractivity contribution in [2.24, 2.45) is 5.16 Å². The Morgan fingerprint density at radius 1 is 1.38 bits per heavy atom. The molecule has 3 heterocycles. The van der Waals surface area contributed by atoms with E-state index >= 15 is 0 Å². The summed E-state index contributed by atoms with van der Waals surface area (Å²) in [4.78, 5) is 22.5. The zero-order valence-corrected chi connectivity index (χ0v) is 16.6. The molecule has 1 atom stereocenters. The van der Waals surface area contributed by atoms with Crippen LogP contribution in [0.2, 0.25) is 0 Å². The topological polar surface area (TPSA) is 63.0 Å². The quantitative estimate of drug-likeness (QED) is 0.808. The Bertz CT molecular complexity index is 681. The summed E-state index contributed by atoms with van der Waals surface area (Å²) in [5.41, 5.74) is 1.41. The van der Waals surface area contributed by atoms with Crippen molar-refractivity contribution in [1.29, 1.82) is 0 Å². The van der Waals surface area contributed by atoms with Crippen LogP contribution in [0.25, 0.3) is 0 Å². The number of carbonyl (C=O) groups excluding carboxylic acids is 1. The Kier molecular flexibility index (Phi) is 5.37. The molecule has 1 aromatic rings. The number of oxime groups is 1. The Hall–Kier alpha value is -1.89. The molecular formula is C19H31N5O2. The zero-order chi connectivity index (χ0) is 18.9. The maximum absolute atomic E-state index is 12.5. The fourth-order valence-electron chi connectivity index (χ4n) is 3.62. The highest BCUT2D eigenvalue weighted by atomic mass is 16.7. The minimum atomic E-state index is -0.352. The predicted molar refractivity (Wildman–Crippen MR) is 101 cm³/mol. The zero-order valence-electron chi connectivity index (χ0n) is 16.6. The predicted octanol–water partition coefficient (Wildman–Crippen LogP) is 2.44. The number of carbonyl (C=O) groups is 1. The lowest BCUT2D eigenvalue weighted by atomic mass is 9.87. The Morgan fingerprint density at radius 2 is 2.15 bits per heavy atom. The van der Waals surface area contributed by atoms with Crippen molar-refractivity contribution in [1.82, 2.24) is 19.6 Å². The lowest BCUT2D eigenvalue weighted by molar-refractivity contribution is -0.124. The largest absolute Gasteiger partial charge is 0.387 e. The van der Waals surface area contributed by atoms with Crippen LogP contribution >= 0.6 is 0 Å².